The second-order valence-corrected chi connectivity index (χ2v) is 4.96. The minimum atomic E-state index is 0.485. The lowest BCUT2D eigenvalue weighted by molar-refractivity contribution is 0.480. The SMILES string of the molecule is CCn1nc(C)cc1-c1cnc(CCNC(C)C)o1. The van der Waals surface area contributed by atoms with Crippen molar-refractivity contribution >= 4 is 0 Å². The Morgan fingerprint density at radius 1 is 1.42 bits per heavy atom. The molecular weight excluding hydrogens is 240 g/mol. The molecule has 2 aromatic heterocycles. The Bertz CT molecular complexity index is 527. The Kier molecular flexibility index (Phi) is 4.37. The molecule has 0 aliphatic heterocycles. The maximum atomic E-state index is 5.80. The highest BCUT2D eigenvalue weighted by Crippen LogP contribution is 2.21. The van der Waals surface area contributed by atoms with Crippen LogP contribution in [0.4, 0.5) is 0 Å². The average molecular weight is 262 g/mol. The van der Waals surface area contributed by atoms with Crippen molar-refractivity contribution in [2.75, 3.05) is 6.54 Å². The molecule has 0 amide bonds. The van der Waals surface area contributed by atoms with Crippen molar-refractivity contribution in [1.29, 1.82) is 0 Å². The van der Waals surface area contributed by atoms with Crippen LogP contribution in [-0.4, -0.2) is 27.4 Å². The van der Waals surface area contributed by atoms with E-state index < -0.39 is 0 Å². The minimum absolute atomic E-state index is 0.485. The van der Waals surface area contributed by atoms with Crippen LogP contribution < -0.4 is 5.32 Å². The number of aryl methyl sites for hydroxylation is 2. The van der Waals surface area contributed by atoms with Gasteiger partial charge in [0, 0.05) is 25.6 Å². The summed E-state index contributed by atoms with van der Waals surface area (Å²) in [5, 5.41) is 7.77. The number of nitrogens with zero attached hydrogens (tertiary/aromatic N) is 3. The van der Waals surface area contributed by atoms with Gasteiger partial charge in [-0.3, -0.25) is 4.68 Å². The normalized spacial score (nSPS) is 11.4. The van der Waals surface area contributed by atoms with E-state index >= 15 is 0 Å². The zero-order chi connectivity index (χ0) is 13.8. The van der Waals surface area contributed by atoms with Gasteiger partial charge in [0.2, 0.25) is 0 Å². The number of rotatable bonds is 6. The van der Waals surface area contributed by atoms with Gasteiger partial charge in [-0.25, -0.2) is 4.98 Å². The first kappa shape index (κ1) is 13.8. The van der Waals surface area contributed by atoms with Gasteiger partial charge in [0.05, 0.1) is 11.9 Å². The van der Waals surface area contributed by atoms with Crippen molar-refractivity contribution in [3.8, 4) is 11.5 Å². The van der Waals surface area contributed by atoms with Crippen molar-refractivity contribution in [2.45, 2.75) is 46.7 Å². The van der Waals surface area contributed by atoms with Crippen LogP contribution in [0.2, 0.25) is 0 Å². The Morgan fingerprint density at radius 2 is 2.21 bits per heavy atom. The van der Waals surface area contributed by atoms with Gasteiger partial charge < -0.3 is 9.73 Å². The van der Waals surface area contributed by atoms with Gasteiger partial charge in [-0.15, -0.1) is 0 Å². The van der Waals surface area contributed by atoms with E-state index in [1.165, 1.54) is 0 Å². The smallest absolute Gasteiger partial charge is 0.196 e. The van der Waals surface area contributed by atoms with E-state index in [2.05, 4.69) is 36.2 Å². The molecule has 0 bridgehead atoms. The largest absolute Gasteiger partial charge is 0.439 e. The van der Waals surface area contributed by atoms with Gasteiger partial charge in [-0.2, -0.15) is 5.10 Å². The highest BCUT2D eigenvalue weighted by atomic mass is 16.4. The van der Waals surface area contributed by atoms with Crippen LogP contribution in [0.25, 0.3) is 11.5 Å². The molecule has 0 atom stereocenters. The Morgan fingerprint density at radius 3 is 2.89 bits per heavy atom. The molecule has 19 heavy (non-hydrogen) atoms. The molecule has 0 saturated heterocycles. The number of oxazole rings is 1. The zero-order valence-corrected chi connectivity index (χ0v) is 12.1. The van der Waals surface area contributed by atoms with Gasteiger partial charge in [0.1, 0.15) is 5.69 Å². The van der Waals surface area contributed by atoms with Crippen molar-refractivity contribution in [2.24, 2.45) is 0 Å². The topological polar surface area (TPSA) is 55.9 Å². The second kappa shape index (κ2) is 6.02. The molecule has 0 aliphatic rings. The average Bonchev–Trinajstić information content (AvgIpc) is 2.94. The molecule has 2 rings (SSSR count). The third-order valence-electron chi connectivity index (χ3n) is 2.90. The molecule has 0 unspecified atom stereocenters. The molecule has 2 aromatic rings. The van der Waals surface area contributed by atoms with E-state index in [1.54, 1.807) is 6.20 Å². The van der Waals surface area contributed by atoms with Gasteiger partial charge in [-0.05, 0) is 19.9 Å². The van der Waals surface area contributed by atoms with E-state index in [4.69, 9.17) is 4.42 Å². The van der Waals surface area contributed by atoms with Crippen LogP contribution in [0.15, 0.2) is 16.7 Å². The Hall–Kier alpha value is -1.62. The fourth-order valence-corrected chi connectivity index (χ4v) is 2.00. The van der Waals surface area contributed by atoms with Crippen LogP contribution in [-0.2, 0) is 13.0 Å². The summed E-state index contributed by atoms with van der Waals surface area (Å²) in [4.78, 5) is 4.33. The van der Waals surface area contributed by atoms with E-state index in [9.17, 15) is 0 Å². The van der Waals surface area contributed by atoms with Crippen molar-refractivity contribution in [1.82, 2.24) is 20.1 Å². The molecule has 0 fully saturated rings. The molecule has 0 aromatic carbocycles. The van der Waals surface area contributed by atoms with Gasteiger partial charge in [-0.1, -0.05) is 13.8 Å². The molecule has 0 saturated carbocycles. The lowest BCUT2D eigenvalue weighted by Gasteiger charge is -2.05. The number of aromatic nitrogens is 3. The van der Waals surface area contributed by atoms with Crippen molar-refractivity contribution in [3.63, 3.8) is 0 Å². The summed E-state index contributed by atoms with van der Waals surface area (Å²) in [6, 6.07) is 2.51. The molecule has 104 valence electrons. The molecule has 5 heteroatoms. The fourth-order valence-electron chi connectivity index (χ4n) is 2.00. The standard InChI is InChI=1S/C14H22N4O/c1-5-18-12(8-11(4)17-18)13-9-16-14(19-13)6-7-15-10(2)3/h8-10,15H,5-7H2,1-4H3. The summed E-state index contributed by atoms with van der Waals surface area (Å²) in [6.45, 7) is 10.0. The molecule has 1 N–H and O–H groups in total. The molecule has 0 aliphatic carbocycles. The summed E-state index contributed by atoms with van der Waals surface area (Å²) >= 11 is 0. The number of nitrogens with one attached hydrogen (secondary N) is 1. The summed E-state index contributed by atoms with van der Waals surface area (Å²) in [5.74, 6) is 1.56. The maximum Gasteiger partial charge on any atom is 0.196 e. The Balaban J connectivity index is 2.07. The maximum absolute atomic E-state index is 5.80. The highest BCUT2D eigenvalue weighted by molar-refractivity contribution is 5.51. The van der Waals surface area contributed by atoms with Crippen LogP contribution in [0.5, 0.6) is 0 Å². The van der Waals surface area contributed by atoms with Crippen LogP contribution in [0.1, 0.15) is 32.4 Å². The lowest BCUT2D eigenvalue weighted by Crippen LogP contribution is -2.24. The number of hydrogen-bond acceptors (Lipinski definition) is 4. The summed E-state index contributed by atoms with van der Waals surface area (Å²) in [5.41, 5.74) is 1.99. The third kappa shape index (κ3) is 3.44. The van der Waals surface area contributed by atoms with Gasteiger partial charge in [0.25, 0.3) is 0 Å². The van der Waals surface area contributed by atoms with E-state index in [0.717, 1.165) is 42.5 Å². The quantitative estimate of drug-likeness (QED) is 0.868. The van der Waals surface area contributed by atoms with Gasteiger partial charge >= 0.3 is 0 Å². The first-order valence-corrected chi connectivity index (χ1v) is 6.83. The Labute approximate surface area is 114 Å². The van der Waals surface area contributed by atoms with Crippen LogP contribution in [0.3, 0.4) is 0 Å². The summed E-state index contributed by atoms with van der Waals surface area (Å²) in [6.07, 6.45) is 2.59. The molecular formula is C14H22N4O. The third-order valence-corrected chi connectivity index (χ3v) is 2.90. The van der Waals surface area contributed by atoms with Crippen LogP contribution in [0, 0.1) is 6.92 Å². The van der Waals surface area contributed by atoms with Crippen molar-refractivity contribution < 1.29 is 4.42 Å². The van der Waals surface area contributed by atoms with E-state index in [1.807, 2.05) is 17.7 Å². The summed E-state index contributed by atoms with van der Waals surface area (Å²) in [7, 11) is 0. The predicted octanol–water partition coefficient (Wildman–Crippen LogP) is 2.41. The highest BCUT2D eigenvalue weighted by Gasteiger charge is 2.12. The van der Waals surface area contributed by atoms with Crippen molar-refractivity contribution in [3.05, 3.63) is 23.8 Å². The summed E-state index contributed by atoms with van der Waals surface area (Å²) < 4.78 is 7.73. The van der Waals surface area contributed by atoms with E-state index in [-0.39, 0.29) is 0 Å². The minimum Gasteiger partial charge on any atom is -0.439 e. The monoisotopic (exact) mass is 262 g/mol. The molecule has 0 radical (unpaired) electrons. The second-order valence-electron chi connectivity index (χ2n) is 4.96. The lowest BCUT2D eigenvalue weighted by atomic mass is 10.3. The zero-order valence-electron chi connectivity index (χ0n) is 12.1. The molecule has 2 heterocycles. The fraction of sp³-hybridized carbons (Fsp3) is 0.571. The van der Waals surface area contributed by atoms with Crippen LogP contribution >= 0.6 is 0 Å². The molecule has 5 nitrogen and oxygen atoms in total. The van der Waals surface area contributed by atoms with Gasteiger partial charge in [0.15, 0.2) is 11.7 Å². The number of hydrogen-bond donors (Lipinski definition) is 1. The molecule has 0 spiro atoms. The predicted molar refractivity (Wildman–Crippen MR) is 75.0 cm³/mol. The van der Waals surface area contributed by atoms with E-state index in [0.29, 0.717) is 6.04 Å². The first-order chi connectivity index (χ1) is 9.10. The first-order valence-electron chi connectivity index (χ1n) is 6.83.